The third kappa shape index (κ3) is 4.75. The standard InChI is InChI=1S/C16H19ClN2O2S/c1-5-21-16(20)13(9-18)14(22-11(4)10(2)3)12-7-6-8-19-15(12)17/h6-8,10-11H,5H2,1-4H3/b14-13-. The molecule has 118 valence electrons. The highest BCUT2D eigenvalue weighted by Crippen LogP contribution is 2.39. The molecule has 0 fully saturated rings. The molecule has 1 heterocycles. The zero-order chi connectivity index (χ0) is 16.7. The molecule has 6 heteroatoms. The third-order valence-corrected chi connectivity index (χ3v) is 4.94. The summed E-state index contributed by atoms with van der Waals surface area (Å²) in [7, 11) is 0. The third-order valence-electron chi connectivity index (χ3n) is 3.06. The second kappa shape index (κ2) is 8.82. The molecule has 0 aliphatic carbocycles. The maximum atomic E-state index is 12.1. The normalized spacial score (nSPS) is 13.3. The lowest BCUT2D eigenvalue weighted by Gasteiger charge is -2.18. The average molecular weight is 339 g/mol. The van der Waals surface area contributed by atoms with E-state index < -0.39 is 5.97 Å². The maximum absolute atomic E-state index is 12.1. The van der Waals surface area contributed by atoms with Crippen LogP contribution in [0.4, 0.5) is 0 Å². The van der Waals surface area contributed by atoms with E-state index >= 15 is 0 Å². The van der Waals surface area contributed by atoms with E-state index in [9.17, 15) is 10.1 Å². The van der Waals surface area contributed by atoms with Crippen molar-refractivity contribution in [2.45, 2.75) is 32.9 Å². The summed E-state index contributed by atoms with van der Waals surface area (Å²) in [6, 6.07) is 5.43. The number of carbonyl (C=O) groups is 1. The zero-order valence-corrected chi connectivity index (χ0v) is 14.7. The minimum Gasteiger partial charge on any atom is -0.462 e. The molecule has 1 aromatic rings. The Hall–Kier alpha value is -1.51. The Labute approximate surface area is 140 Å². The monoisotopic (exact) mass is 338 g/mol. The molecule has 0 aliphatic heterocycles. The fourth-order valence-corrected chi connectivity index (χ4v) is 2.98. The van der Waals surface area contributed by atoms with Crippen LogP contribution in [0.3, 0.4) is 0 Å². The summed E-state index contributed by atoms with van der Waals surface area (Å²) in [6.45, 7) is 8.11. The summed E-state index contributed by atoms with van der Waals surface area (Å²) in [4.78, 5) is 16.6. The van der Waals surface area contributed by atoms with E-state index in [1.54, 1.807) is 25.3 Å². The molecule has 1 rings (SSSR count). The van der Waals surface area contributed by atoms with E-state index in [2.05, 4.69) is 18.8 Å². The molecule has 0 bridgehead atoms. The molecule has 0 spiro atoms. The SMILES string of the molecule is CCOC(=O)/C(C#N)=C(\SC(C)C(C)C)c1cccnc1Cl. The minimum atomic E-state index is -0.636. The van der Waals surface area contributed by atoms with Gasteiger partial charge in [-0.3, -0.25) is 0 Å². The number of ether oxygens (including phenoxy) is 1. The van der Waals surface area contributed by atoms with Gasteiger partial charge in [-0.15, -0.1) is 11.8 Å². The van der Waals surface area contributed by atoms with Gasteiger partial charge < -0.3 is 4.74 Å². The van der Waals surface area contributed by atoms with E-state index in [-0.39, 0.29) is 22.6 Å². The molecule has 1 aromatic heterocycles. The van der Waals surface area contributed by atoms with Crippen molar-refractivity contribution in [3.63, 3.8) is 0 Å². The Kier molecular flexibility index (Phi) is 7.43. The Bertz CT molecular complexity index is 608. The van der Waals surface area contributed by atoms with Crippen LogP contribution in [0.25, 0.3) is 4.91 Å². The number of nitrogens with zero attached hydrogens (tertiary/aromatic N) is 2. The largest absolute Gasteiger partial charge is 0.462 e. The number of halogens is 1. The number of pyridine rings is 1. The Morgan fingerprint density at radius 2 is 2.18 bits per heavy atom. The quantitative estimate of drug-likeness (QED) is 0.335. The number of esters is 1. The molecule has 22 heavy (non-hydrogen) atoms. The highest BCUT2D eigenvalue weighted by atomic mass is 35.5. The van der Waals surface area contributed by atoms with Gasteiger partial charge in [-0.25, -0.2) is 9.78 Å². The summed E-state index contributed by atoms with van der Waals surface area (Å²) in [5.41, 5.74) is 0.542. The summed E-state index contributed by atoms with van der Waals surface area (Å²) in [5.74, 6) is -0.263. The van der Waals surface area contributed by atoms with Crippen molar-refractivity contribution in [2.75, 3.05) is 6.61 Å². The second-order valence-electron chi connectivity index (χ2n) is 4.95. The van der Waals surface area contributed by atoms with E-state index in [0.29, 0.717) is 16.4 Å². The number of rotatable bonds is 6. The number of aromatic nitrogens is 1. The first-order valence-corrected chi connectivity index (χ1v) is 8.27. The van der Waals surface area contributed by atoms with Gasteiger partial charge >= 0.3 is 5.97 Å². The van der Waals surface area contributed by atoms with Crippen LogP contribution in [0.5, 0.6) is 0 Å². The molecule has 0 amide bonds. The van der Waals surface area contributed by atoms with Gasteiger partial charge in [-0.2, -0.15) is 5.26 Å². The summed E-state index contributed by atoms with van der Waals surface area (Å²) in [6.07, 6.45) is 1.57. The van der Waals surface area contributed by atoms with E-state index in [0.717, 1.165) is 0 Å². The lowest BCUT2D eigenvalue weighted by atomic mass is 10.1. The van der Waals surface area contributed by atoms with Crippen LogP contribution in [0, 0.1) is 17.2 Å². The van der Waals surface area contributed by atoms with Crippen LogP contribution >= 0.6 is 23.4 Å². The predicted molar refractivity (Wildman–Crippen MR) is 90.3 cm³/mol. The Morgan fingerprint density at radius 1 is 1.50 bits per heavy atom. The molecule has 0 N–H and O–H groups in total. The van der Waals surface area contributed by atoms with Crippen molar-refractivity contribution in [2.24, 2.45) is 5.92 Å². The molecule has 1 atom stereocenters. The van der Waals surface area contributed by atoms with Gasteiger partial charge in [0.1, 0.15) is 11.2 Å². The Morgan fingerprint density at radius 3 is 2.68 bits per heavy atom. The zero-order valence-electron chi connectivity index (χ0n) is 13.1. The van der Waals surface area contributed by atoms with E-state index in [1.165, 1.54) is 11.8 Å². The van der Waals surface area contributed by atoms with Gasteiger partial charge in [0.05, 0.1) is 6.61 Å². The van der Waals surface area contributed by atoms with Crippen molar-refractivity contribution in [1.29, 1.82) is 5.26 Å². The first-order valence-electron chi connectivity index (χ1n) is 7.01. The molecule has 0 aliphatic rings. The van der Waals surface area contributed by atoms with E-state index in [4.69, 9.17) is 16.3 Å². The number of hydrogen-bond acceptors (Lipinski definition) is 5. The fourth-order valence-electron chi connectivity index (χ4n) is 1.53. The minimum absolute atomic E-state index is 0.0331. The van der Waals surface area contributed by atoms with Gasteiger partial charge in [0.15, 0.2) is 5.57 Å². The number of nitriles is 1. The first-order chi connectivity index (χ1) is 10.4. The molecule has 1 unspecified atom stereocenters. The molecule has 0 saturated heterocycles. The molecule has 0 radical (unpaired) electrons. The summed E-state index contributed by atoms with van der Waals surface area (Å²) in [5, 5.41) is 9.87. The smallest absolute Gasteiger partial charge is 0.350 e. The second-order valence-corrected chi connectivity index (χ2v) is 6.69. The lowest BCUT2D eigenvalue weighted by molar-refractivity contribution is -0.137. The van der Waals surface area contributed by atoms with Crippen LogP contribution in [0.2, 0.25) is 5.15 Å². The van der Waals surface area contributed by atoms with Crippen molar-refractivity contribution in [1.82, 2.24) is 4.98 Å². The number of carbonyl (C=O) groups excluding carboxylic acids is 1. The molecular weight excluding hydrogens is 320 g/mol. The van der Waals surface area contributed by atoms with Crippen LogP contribution < -0.4 is 0 Å². The Balaban J connectivity index is 3.42. The van der Waals surface area contributed by atoms with Crippen molar-refractivity contribution < 1.29 is 9.53 Å². The van der Waals surface area contributed by atoms with Crippen molar-refractivity contribution in [3.05, 3.63) is 34.6 Å². The van der Waals surface area contributed by atoms with Crippen molar-refractivity contribution >= 4 is 34.2 Å². The maximum Gasteiger partial charge on any atom is 0.350 e. The topological polar surface area (TPSA) is 63.0 Å². The van der Waals surface area contributed by atoms with Crippen LogP contribution in [0.15, 0.2) is 23.9 Å². The molecule has 4 nitrogen and oxygen atoms in total. The summed E-state index contributed by atoms with van der Waals surface area (Å²) >= 11 is 7.58. The van der Waals surface area contributed by atoms with E-state index in [1.807, 2.05) is 13.0 Å². The van der Waals surface area contributed by atoms with Gasteiger partial charge in [0.25, 0.3) is 0 Å². The highest BCUT2D eigenvalue weighted by molar-refractivity contribution is 8.08. The number of hydrogen-bond donors (Lipinski definition) is 0. The first kappa shape index (κ1) is 18.5. The van der Waals surface area contributed by atoms with Crippen LogP contribution in [0.1, 0.15) is 33.3 Å². The highest BCUT2D eigenvalue weighted by Gasteiger charge is 2.23. The van der Waals surface area contributed by atoms with Gasteiger partial charge in [0, 0.05) is 21.9 Å². The lowest BCUT2D eigenvalue weighted by Crippen LogP contribution is -2.11. The fraction of sp³-hybridized carbons (Fsp3) is 0.438. The molecule has 0 aromatic carbocycles. The van der Waals surface area contributed by atoms with Gasteiger partial charge in [-0.1, -0.05) is 32.4 Å². The van der Waals surface area contributed by atoms with Crippen LogP contribution in [-0.4, -0.2) is 22.8 Å². The van der Waals surface area contributed by atoms with Gasteiger partial charge in [0.2, 0.25) is 0 Å². The molecule has 0 saturated carbocycles. The number of thioether (sulfide) groups is 1. The summed E-state index contributed by atoms with van der Waals surface area (Å²) < 4.78 is 4.98. The average Bonchev–Trinajstić information content (AvgIpc) is 2.47. The van der Waals surface area contributed by atoms with Crippen molar-refractivity contribution in [3.8, 4) is 6.07 Å². The van der Waals surface area contributed by atoms with Crippen LogP contribution in [-0.2, 0) is 9.53 Å². The predicted octanol–water partition coefficient (Wildman–Crippen LogP) is 4.31. The van der Waals surface area contributed by atoms with Gasteiger partial charge in [-0.05, 0) is 25.0 Å². The molecular formula is C16H19ClN2O2S.